The summed E-state index contributed by atoms with van der Waals surface area (Å²) in [6.45, 7) is 9.66. The van der Waals surface area contributed by atoms with Gasteiger partial charge in [0.05, 0.1) is 11.7 Å². The molecule has 0 spiro atoms. The lowest BCUT2D eigenvalue weighted by atomic mass is 10.0. The molecular formula is C9H19NO. The quantitative estimate of drug-likeness (QED) is 0.528. The van der Waals surface area contributed by atoms with E-state index in [0.29, 0.717) is 12.1 Å². The fourth-order valence-electron chi connectivity index (χ4n) is 1.74. The fraction of sp³-hybridized carbons (Fsp3) is 1.00. The summed E-state index contributed by atoms with van der Waals surface area (Å²) in [5, 5.41) is 0. The molecular weight excluding hydrogens is 138 g/mol. The third-order valence-electron chi connectivity index (χ3n) is 2.51. The maximum Gasteiger partial charge on any atom is 0.0757 e. The third kappa shape index (κ3) is 1.94. The van der Waals surface area contributed by atoms with Crippen LogP contribution in [0.1, 0.15) is 27.7 Å². The standard InChI is InChI=1S/C9H19NO/c1-7-8(2)11-9(3,4)6-10(7)5/h7-8H,6H2,1-5H3/t7-,8+/m1/s1. The monoisotopic (exact) mass is 157 g/mol. The van der Waals surface area contributed by atoms with Gasteiger partial charge >= 0.3 is 0 Å². The zero-order valence-electron chi connectivity index (χ0n) is 8.22. The van der Waals surface area contributed by atoms with E-state index in [0.717, 1.165) is 6.54 Å². The molecule has 2 atom stereocenters. The molecule has 0 aromatic heterocycles. The van der Waals surface area contributed by atoms with Gasteiger partial charge in [-0.1, -0.05) is 0 Å². The lowest BCUT2D eigenvalue weighted by Crippen LogP contribution is -2.55. The van der Waals surface area contributed by atoms with Gasteiger partial charge in [0.25, 0.3) is 0 Å². The molecule has 0 amide bonds. The molecule has 0 aliphatic carbocycles. The Hall–Kier alpha value is -0.0800. The second-order valence-electron chi connectivity index (χ2n) is 4.24. The summed E-state index contributed by atoms with van der Waals surface area (Å²) in [5.74, 6) is 0. The van der Waals surface area contributed by atoms with Gasteiger partial charge in [-0.25, -0.2) is 0 Å². The van der Waals surface area contributed by atoms with E-state index in [1.165, 1.54) is 0 Å². The normalized spacial score (nSPS) is 39.0. The molecule has 1 aliphatic rings. The first-order valence-corrected chi connectivity index (χ1v) is 4.30. The first kappa shape index (κ1) is 9.01. The van der Waals surface area contributed by atoms with Gasteiger partial charge in [0.2, 0.25) is 0 Å². The summed E-state index contributed by atoms with van der Waals surface area (Å²) < 4.78 is 5.81. The molecule has 0 aromatic carbocycles. The van der Waals surface area contributed by atoms with Crippen LogP contribution in [0, 0.1) is 0 Å². The Balaban J connectivity index is 2.62. The summed E-state index contributed by atoms with van der Waals surface area (Å²) in [6, 6.07) is 0.544. The predicted octanol–water partition coefficient (Wildman–Crippen LogP) is 1.50. The molecule has 66 valence electrons. The van der Waals surface area contributed by atoms with Crippen LogP contribution in [0.3, 0.4) is 0 Å². The topological polar surface area (TPSA) is 12.5 Å². The molecule has 0 bridgehead atoms. The van der Waals surface area contributed by atoms with Gasteiger partial charge in [0, 0.05) is 12.6 Å². The fourth-order valence-corrected chi connectivity index (χ4v) is 1.74. The van der Waals surface area contributed by atoms with Crippen molar-refractivity contribution in [3.63, 3.8) is 0 Å². The molecule has 1 saturated heterocycles. The van der Waals surface area contributed by atoms with Crippen LogP contribution < -0.4 is 0 Å². The highest BCUT2D eigenvalue weighted by Gasteiger charge is 2.33. The van der Waals surface area contributed by atoms with Crippen molar-refractivity contribution in [3.05, 3.63) is 0 Å². The lowest BCUT2D eigenvalue weighted by molar-refractivity contribution is -0.146. The second kappa shape index (κ2) is 2.76. The number of ether oxygens (including phenoxy) is 1. The highest BCUT2D eigenvalue weighted by Crippen LogP contribution is 2.23. The van der Waals surface area contributed by atoms with Crippen LogP contribution in [0.15, 0.2) is 0 Å². The van der Waals surface area contributed by atoms with Gasteiger partial charge in [0.15, 0.2) is 0 Å². The van der Waals surface area contributed by atoms with Gasteiger partial charge in [-0.05, 0) is 34.7 Å². The molecule has 0 radical (unpaired) electrons. The smallest absolute Gasteiger partial charge is 0.0757 e. The van der Waals surface area contributed by atoms with E-state index in [-0.39, 0.29) is 5.60 Å². The number of hydrogen-bond donors (Lipinski definition) is 0. The van der Waals surface area contributed by atoms with Crippen molar-refractivity contribution in [2.75, 3.05) is 13.6 Å². The molecule has 2 nitrogen and oxygen atoms in total. The van der Waals surface area contributed by atoms with Crippen molar-refractivity contribution >= 4 is 0 Å². The van der Waals surface area contributed by atoms with Crippen molar-refractivity contribution in [2.45, 2.75) is 45.4 Å². The zero-order chi connectivity index (χ0) is 8.65. The Morgan fingerprint density at radius 1 is 1.36 bits per heavy atom. The molecule has 0 saturated carbocycles. The maximum absolute atomic E-state index is 5.81. The Labute approximate surface area is 69.5 Å². The molecule has 1 heterocycles. The molecule has 0 N–H and O–H groups in total. The van der Waals surface area contributed by atoms with E-state index in [2.05, 4.69) is 39.6 Å². The SMILES string of the molecule is C[C@@H]1OC(C)(C)CN(C)[C@@H]1C. The molecule has 0 aromatic rings. The Morgan fingerprint density at radius 3 is 2.36 bits per heavy atom. The Morgan fingerprint density at radius 2 is 1.91 bits per heavy atom. The van der Waals surface area contributed by atoms with Gasteiger partial charge in [-0.2, -0.15) is 0 Å². The first-order valence-electron chi connectivity index (χ1n) is 4.30. The molecule has 1 fully saturated rings. The van der Waals surface area contributed by atoms with Crippen LogP contribution in [-0.4, -0.2) is 36.2 Å². The van der Waals surface area contributed by atoms with Crippen molar-refractivity contribution in [2.24, 2.45) is 0 Å². The average Bonchev–Trinajstić information content (AvgIpc) is 1.81. The molecule has 0 unspecified atom stereocenters. The minimum Gasteiger partial charge on any atom is -0.370 e. The van der Waals surface area contributed by atoms with Gasteiger partial charge < -0.3 is 4.74 Å². The third-order valence-corrected chi connectivity index (χ3v) is 2.51. The largest absolute Gasteiger partial charge is 0.370 e. The van der Waals surface area contributed by atoms with E-state index in [4.69, 9.17) is 4.74 Å². The van der Waals surface area contributed by atoms with Crippen molar-refractivity contribution in [3.8, 4) is 0 Å². The van der Waals surface area contributed by atoms with Crippen molar-refractivity contribution < 1.29 is 4.74 Å². The summed E-state index contributed by atoms with van der Waals surface area (Å²) in [4.78, 5) is 2.36. The van der Waals surface area contributed by atoms with E-state index in [9.17, 15) is 0 Å². The summed E-state index contributed by atoms with van der Waals surface area (Å²) in [6.07, 6.45) is 0.351. The molecule has 11 heavy (non-hydrogen) atoms. The Bertz CT molecular complexity index is 130. The number of rotatable bonds is 0. The lowest BCUT2D eigenvalue weighted by Gasteiger charge is -2.44. The van der Waals surface area contributed by atoms with Gasteiger partial charge in [0.1, 0.15) is 0 Å². The molecule has 2 heteroatoms. The summed E-state index contributed by atoms with van der Waals surface area (Å²) in [7, 11) is 2.16. The van der Waals surface area contributed by atoms with Gasteiger partial charge in [-0.15, -0.1) is 0 Å². The van der Waals surface area contributed by atoms with Crippen LogP contribution in [0.4, 0.5) is 0 Å². The van der Waals surface area contributed by atoms with Crippen LogP contribution >= 0.6 is 0 Å². The van der Waals surface area contributed by atoms with Crippen LogP contribution in [0.25, 0.3) is 0 Å². The number of hydrogen-bond acceptors (Lipinski definition) is 2. The molecule has 1 aliphatic heterocycles. The van der Waals surface area contributed by atoms with Crippen LogP contribution in [0.2, 0.25) is 0 Å². The number of likely N-dealkylation sites (N-methyl/N-ethyl adjacent to an activating group) is 1. The maximum atomic E-state index is 5.81. The van der Waals surface area contributed by atoms with Crippen LogP contribution in [-0.2, 0) is 4.74 Å². The number of morpholine rings is 1. The Kier molecular flexibility index (Phi) is 2.26. The summed E-state index contributed by atoms with van der Waals surface area (Å²) >= 11 is 0. The molecule has 1 rings (SSSR count). The van der Waals surface area contributed by atoms with E-state index in [1.54, 1.807) is 0 Å². The van der Waals surface area contributed by atoms with E-state index < -0.39 is 0 Å². The highest BCUT2D eigenvalue weighted by atomic mass is 16.5. The van der Waals surface area contributed by atoms with E-state index >= 15 is 0 Å². The minimum absolute atomic E-state index is 0.0284. The van der Waals surface area contributed by atoms with Crippen molar-refractivity contribution in [1.82, 2.24) is 4.90 Å². The van der Waals surface area contributed by atoms with Gasteiger partial charge in [-0.3, -0.25) is 4.90 Å². The highest BCUT2D eigenvalue weighted by molar-refractivity contribution is 4.85. The number of nitrogens with zero attached hydrogens (tertiary/aromatic N) is 1. The summed E-state index contributed by atoms with van der Waals surface area (Å²) in [5.41, 5.74) is 0.0284. The first-order chi connectivity index (χ1) is 4.92. The predicted molar refractivity (Wildman–Crippen MR) is 46.7 cm³/mol. The second-order valence-corrected chi connectivity index (χ2v) is 4.24. The average molecular weight is 157 g/mol. The van der Waals surface area contributed by atoms with Crippen LogP contribution in [0.5, 0.6) is 0 Å². The minimum atomic E-state index is 0.0284. The van der Waals surface area contributed by atoms with Crippen molar-refractivity contribution in [1.29, 1.82) is 0 Å². The zero-order valence-corrected chi connectivity index (χ0v) is 8.22. The van der Waals surface area contributed by atoms with E-state index in [1.807, 2.05) is 0 Å².